The minimum Gasteiger partial charge on any atom is -0.377 e. The van der Waals surface area contributed by atoms with Crippen LogP contribution in [-0.2, 0) is 22.6 Å². The molecule has 0 bridgehead atoms. The van der Waals surface area contributed by atoms with Crippen molar-refractivity contribution in [2.75, 3.05) is 20.2 Å². The molecule has 1 aliphatic rings. The Kier molecular flexibility index (Phi) is 5.52. The number of rotatable bonds is 7. The fourth-order valence-corrected chi connectivity index (χ4v) is 2.72. The first kappa shape index (κ1) is 16.6. The number of carbonyl (C=O) groups excluding carboxylic acids is 1. The molecule has 0 radical (unpaired) electrons. The quantitative estimate of drug-likeness (QED) is 0.672. The van der Waals surface area contributed by atoms with Crippen LogP contribution in [0, 0.1) is 5.92 Å². The highest BCUT2D eigenvalue weighted by Crippen LogP contribution is 2.24. The molecule has 1 aromatic heterocycles. The topological polar surface area (TPSA) is 101 Å². The third kappa shape index (κ3) is 3.97. The molecule has 1 aromatic carbocycles. The molecule has 1 saturated heterocycles. The van der Waals surface area contributed by atoms with E-state index in [1.165, 1.54) is 0 Å². The number of ether oxygens (including phenoxy) is 1. The first-order valence-corrected chi connectivity index (χ1v) is 7.89. The van der Waals surface area contributed by atoms with E-state index in [1.807, 2.05) is 30.3 Å². The highest BCUT2D eigenvalue weighted by molar-refractivity contribution is 5.80. The lowest BCUT2D eigenvalue weighted by molar-refractivity contribution is -0.124. The van der Waals surface area contributed by atoms with Crippen LogP contribution < -0.4 is 16.2 Å². The molecule has 0 spiro atoms. The first-order chi connectivity index (χ1) is 11.8. The van der Waals surface area contributed by atoms with Gasteiger partial charge in [0.25, 0.3) is 0 Å². The van der Waals surface area contributed by atoms with Gasteiger partial charge in [-0.2, -0.15) is 4.98 Å². The summed E-state index contributed by atoms with van der Waals surface area (Å²) in [6.07, 6.45) is 0.492. The Bertz CT molecular complexity index is 661. The van der Waals surface area contributed by atoms with Gasteiger partial charge in [-0.25, -0.2) is 5.43 Å². The molecule has 2 unspecified atom stereocenters. The highest BCUT2D eigenvalue weighted by atomic mass is 16.5. The van der Waals surface area contributed by atoms with E-state index in [0.717, 1.165) is 5.56 Å². The molecule has 3 rings (SSSR count). The minimum atomic E-state index is -0.167. The predicted molar refractivity (Wildman–Crippen MR) is 85.5 cm³/mol. The SMILES string of the molecule is COCc1noc(CCNC(=O)C2CNNC2c2ccccc2)n1. The number of methoxy groups -OCH3 is 1. The van der Waals surface area contributed by atoms with Crippen molar-refractivity contribution in [1.29, 1.82) is 0 Å². The van der Waals surface area contributed by atoms with Crippen LogP contribution >= 0.6 is 0 Å². The molecule has 1 fully saturated rings. The number of nitrogens with zero attached hydrogens (tertiary/aromatic N) is 2. The number of hydrogen-bond acceptors (Lipinski definition) is 7. The maximum absolute atomic E-state index is 12.4. The average Bonchev–Trinajstić information content (AvgIpc) is 3.25. The Morgan fingerprint density at radius 2 is 2.25 bits per heavy atom. The number of benzene rings is 1. The fraction of sp³-hybridized carbons (Fsp3) is 0.438. The molecule has 0 aliphatic carbocycles. The van der Waals surface area contributed by atoms with Gasteiger partial charge in [0.2, 0.25) is 11.8 Å². The molecule has 8 heteroatoms. The van der Waals surface area contributed by atoms with E-state index >= 15 is 0 Å². The zero-order valence-electron chi connectivity index (χ0n) is 13.5. The predicted octanol–water partition coefficient (Wildman–Crippen LogP) is 0.340. The second-order valence-corrected chi connectivity index (χ2v) is 5.60. The fourth-order valence-electron chi connectivity index (χ4n) is 2.72. The van der Waals surface area contributed by atoms with Gasteiger partial charge in [-0.15, -0.1) is 0 Å². The van der Waals surface area contributed by atoms with Gasteiger partial charge in [-0.1, -0.05) is 35.5 Å². The molecule has 8 nitrogen and oxygen atoms in total. The Balaban J connectivity index is 1.50. The van der Waals surface area contributed by atoms with Gasteiger partial charge in [0, 0.05) is 26.6 Å². The zero-order chi connectivity index (χ0) is 16.8. The lowest BCUT2D eigenvalue weighted by atomic mass is 9.94. The largest absolute Gasteiger partial charge is 0.377 e. The van der Waals surface area contributed by atoms with Crippen LogP contribution in [0.25, 0.3) is 0 Å². The van der Waals surface area contributed by atoms with Gasteiger partial charge < -0.3 is 14.6 Å². The monoisotopic (exact) mass is 331 g/mol. The second kappa shape index (κ2) is 8.00. The van der Waals surface area contributed by atoms with Gasteiger partial charge in [-0.3, -0.25) is 10.2 Å². The summed E-state index contributed by atoms with van der Waals surface area (Å²) in [4.78, 5) is 16.6. The van der Waals surface area contributed by atoms with Crippen LogP contribution in [-0.4, -0.2) is 36.2 Å². The summed E-state index contributed by atoms with van der Waals surface area (Å²) in [5.41, 5.74) is 7.31. The standard InChI is InChI=1S/C16H21N5O3/c1-23-10-13-19-14(24-21-13)7-8-17-16(22)12-9-18-20-15(12)11-5-3-2-4-6-11/h2-6,12,15,18,20H,7-10H2,1H3,(H,17,22). The van der Waals surface area contributed by atoms with Crippen LogP contribution in [0.1, 0.15) is 23.3 Å². The molecule has 24 heavy (non-hydrogen) atoms. The Hall–Kier alpha value is -2.29. The van der Waals surface area contributed by atoms with E-state index in [1.54, 1.807) is 7.11 Å². The molecule has 128 valence electrons. The maximum Gasteiger partial charge on any atom is 0.228 e. The van der Waals surface area contributed by atoms with Crippen molar-refractivity contribution < 1.29 is 14.1 Å². The van der Waals surface area contributed by atoms with Gasteiger partial charge in [0.05, 0.1) is 12.0 Å². The molecule has 2 aromatic rings. The number of hydrazine groups is 1. The van der Waals surface area contributed by atoms with E-state index in [9.17, 15) is 4.79 Å². The molecule has 1 aliphatic heterocycles. The third-order valence-electron chi connectivity index (χ3n) is 3.90. The lowest BCUT2D eigenvalue weighted by Gasteiger charge is -2.18. The Morgan fingerprint density at radius 1 is 1.42 bits per heavy atom. The van der Waals surface area contributed by atoms with Crippen LogP contribution in [0.2, 0.25) is 0 Å². The Labute approximate surface area is 139 Å². The molecular formula is C16H21N5O3. The van der Waals surface area contributed by atoms with E-state index in [2.05, 4.69) is 26.3 Å². The number of hydrogen-bond donors (Lipinski definition) is 3. The van der Waals surface area contributed by atoms with Crippen molar-refractivity contribution in [3.63, 3.8) is 0 Å². The van der Waals surface area contributed by atoms with Gasteiger partial charge in [-0.05, 0) is 5.56 Å². The molecule has 2 heterocycles. The summed E-state index contributed by atoms with van der Waals surface area (Å²) in [5, 5.41) is 6.73. The zero-order valence-corrected chi connectivity index (χ0v) is 13.5. The molecule has 1 amide bonds. The van der Waals surface area contributed by atoms with Gasteiger partial charge >= 0.3 is 0 Å². The van der Waals surface area contributed by atoms with E-state index in [-0.39, 0.29) is 17.9 Å². The van der Waals surface area contributed by atoms with Crippen LogP contribution in [0.15, 0.2) is 34.9 Å². The van der Waals surface area contributed by atoms with Crippen molar-refractivity contribution in [3.8, 4) is 0 Å². The molecule has 3 N–H and O–H groups in total. The summed E-state index contributed by atoms with van der Waals surface area (Å²) in [7, 11) is 1.57. The molecule has 0 saturated carbocycles. The maximum atomic E-state index is 12.4. The summed E-state index contributed by atoms with van der Waals surface area (Å²) in [6.45, 7) is 1.35. The number of aromatic nitrogens is 2. The number of amides is 1. The second-order valence-electron chi connectivity index (χ2n) is 5.60. The lowest BCUT2D eigenvalue weighted by Crippen LogP contribution is -2.36. The van der Waals surface area contributed by atoms with Crippen molar-refractivity contribution in [3.05, 3.63) is 47.6 Å². The van der Waals surface area contributed by atoms with Gasteiger partial charge in [0.1, 0.15) is 6.61 Å². The number of carbonyl (C=O) groups is 1. The van der Waals surface area contributed by atoms with Crippen LogP contribution in [0.3, 0.4) is 0 Å². The van der Waals surface area contributed by atoms with E-state index < -0.39 is 0 Å². The summed E-state index contributed by atoms with van der Waals surface area (Å²) in [5.74, 6) is 0.828. The molecular weight excluding hydrogens is 310 g/mol. The minimum absolute atomic E-state index is 0.00187. The van der Waals surface area contributed by atoms with Crippen molar-refractivity contribution >= 4 is 5.91 Å². The smallest absolute Gasteiger partial charge is 0.228 e. The van der Waals surface area contributed by atoms with Crippen LogP contribution in [0.4, 0.5) is 0 Å². The number of nitrogens with one attached hydrogen (secondary N) is 3. The summed E-state index contributed by atoms with van der Waals surface area (Å²) >= 11 is 0. The van der Waals surface area contributed by atoms with Crippen molar-refractivity contribution in [1.82, 2.24) is 26.3 Å². The highest BCUT2D eigenvalue weighted by Gasteiger charge is 2.33. The normalized spacial score (nSPS) is 20.2. The van der Waals surface area contributed by atoms with E-state index in [4.69, 9.17) is 9.26 Å². The first-order valence-electron chi connectivity index (χ1n) is 7.89. The Morgan fingerprint density at radius 3 is 3.04 bits per heavy atom. The average molecular weight is 331 g/mol. The van der Waals surface area contributed by atoms with E-state index in [0.29, 0.717) is 37.8 Å². The van der Waals surface area contributed by atoms with Crippen molar-refractivity contribution in [2.45, 2.75) is 19.1 Å². The molecule has 2 atom stereocenters. The van der Waals surface area contributed by atoms with Crippen LogP contribution in [0.5, 0.6) is 0 Å². The van der Waals surface area contributed by atoms with Gasteiger partial charge in [0.15, 0.2) is 5.82 Å². The summed E-state index contributed by atoms with van der Waals surface area (Å²) in [6, 6.07) is 9.89. The van der Waals surface area contributed by atoms with Crippen molar-refractivity contribution in [2.24, 2.45) is 5.92 Å². The third-order valence-corrected chi connectivity index (χ3v) is 3.90. The summed E-state index contributed by atoms with van der Waals surface area (Å²) < 4.78 is 10.0.